The lowest BCUT2D eigenvalue weighted by molar-refractivity contribution is -0.147. The highest BCUT2D eigenvalue weighted by Gasteiger charge is 2.36. The predicted octanol–water partition coefficient (Wildman–Crippen LogP) is 9.61. The number of hydrogen-bond donors (Lipinski definition) is 0. The average molecular weight is 861 g/mol. The van der Waals surface area contributed by atoms with Crippen LogP contribution in [0, 0.1) is 22.7 Å². The monoisotopic (exact) mass is 860 g/mol. The molecule has 0 aliphatic heterocycles. The van der Waals surface area contributed by atoms with Gasteiger partial charge in [0, 0.05) is 53.4 Å². The standard InChI is InChI=1S/C52H52N4O8/c1-36(2)48(57)61-28-30-63-50(59)40(34-53)32-38-10-18-44(19-11-38)55(5)46-22-14-42(15-23-46)52(26-8-7-9-27-52)43-16-24-47(25-17-43)56(6)45-20-12-39(13-21-45)33-41(35-54)51(60)64-31-29-62-49(58)37(3)4/h10-25,32-33H,1,3,7-9,26-31H2,2,4-6H3. The first-order chi connectivity index (χ1) is 30.8. The van der Waals surface area contributed by atoms with E-state index >= 15 is 0 Å². The molecule has 0 heterocycles. The topological polar surface area (TPSA) is 159 Å². The molecule has 328 valence electrons. The highest BCUT2D eigenvalue weighted by atomic mass is 16.6. The summed E-state index contributed by atoms with van der Waals surface area (Å²) >= 11 is 0. The molecule has 1 saturated carbocycles. The second kappa shape index (κ2) is 22.4. The molecular formula is C52H52N4O8. The lowest BCUT2D eigenvalue weighted by Gasteiger charge is -2.39. The summed E-state index contributed by atoms with van der Waals surface area (Å²) < 4.78 is 20.1. The predicted molar refractivity (Wildman–Crippen MR) is 246 cm³/mol. The minimum Gasteiger partial charge on any atom is -0.459 e. The summed E-state index contributed by atoms with van der Waals surface area (Å²) in [5.74, 6) is -2.77. The fourth-order valence-electron chi connectivity index (χ4n) is 7.34. The van der Waals surface area contributed by atoms with Crippen LogP contribution in [0.1, 0.15) is 68.2 Å². The number of benzene rings is 4. The summed E-state index contributed by atoms with van der Waals surface area (Å²) in [6.45, 7) is 9.40. The first-order valence-corrected chi connectivity index (χ1v) is 20.9. The zero-order valence-corrected chi connectivity index (χ0v) is 36.7. The van der Waals surface area contributed by atoms with E-state index in [-0.39, 0.29) is 54.1 Å². The van der Waals surface area contributed by atoms with Gasteiger partial charge in [0.15, 0.2) is 0 Å². The van der Waals surface area contributed by atoms with Gasteiger partial charge < -0.3 is 28.7 Å². The SMILES string of the molecule is C=C(C)C(=O)OCCOC(=O)C(C#N)=Cc1ccc(N(C)c2ccc(C3(c4ccc(N(C)c5ccc(C=C(C#N)C(=O)OCCOC(=O)C(=C)C)cc5)cc4)CCCCC3)cc2)cc1. The van der Waals surface area contributed by atoms with Crippen molar-refractivity contribution in [3.63, 3.8) is 0 Å². The maximum Gasteiger partial charge on any atom is 0.349 e. The van der Waals surface area contributed by atoms with Crippen LogP contribution in [-0.2, 0) is 43.5 Å². The third-order valence-corrected chi connectivity index (χ3v) is 11.0. The maximum atomic E-state index is 12.5. The molecular weight excluding hydrogens is 809 g/mol. The fraction of sp³-hybridized carbons (Fsp3) is 0.269. The number of carbonyl (C=O) groups excluding carboxylic acids is 4. The third kappa shape index (κ3) is 12.2. The van der Waals surface area contributed by atoms with E-state index < -0.39 is 23.9 Å². The Morgan fingerprint density at radius 1 is 0.531 bits per heavy atom. The van der Waals surface area contributed by atoms with E-state index in [1.54, 1.807) is 0 Å². The molecule has 0 saturated heterocycles. The van der Waals surface area contributed by atoms with Crippen LogP contribution >= 0.6 is 0 Å². The summed E-state index contributed by atoms with van der Waals surface area (Å²) in [6, 6.07) is 36.3. The molecule has 1 aliphatic carbocycles. The average Bonchev–Trinajstić information content (AvgIpc) is 3.32. The zero-order chi connectivity index (χ0) is 46.2. The summed E-state index contributed by atoms with van der Waals surface area (Å²) in [6.07, 6.45) is 8.48. The highest BCUT2D eigenvalue weighted by molar-refractivity contribution is 5.98. The summed E-state index contributed by atoms with van der Waals surface area (Å²) in [7, 11) is 3.98. The Hall–Kier alpha value is -7.70. The van der Waals surface area contributed by atoms with Crippen molar-refractivity contribution < 1.29 is 38.1 Å². The Morgan fingerprint density at radius 3 is 1.12 bits per heavy atom. The maximum absolute atomic E-state index is 12.5. The van der Waals surface area contributed by atoms with Gasteiger partial charge in [-0.3, -0.25) is 0 Å². The van der Waals surface area contributed by atoms with Crippen molar-refractivity contribution in [3.8, 4) is 12.1 Å². The van der Waals surface area contributed by atoms with Crippen LogP contribution in [0.25, 0.3) is 12.2 Å². The minimum atomic E-state index is -0.804. The van der Waals surface area contributed by atoms with Crippen molar-refractivity contribution in [1.29, 1.82) is 10.5 Å². The van der Waals surface area contributed by atoms with Crippen molar-refractivity contribution >= 4 is 58.8 Å². The summed E-state index contributed by atoms with van der Waals surface area (Å²) in [5.41, 5.74) is 7.72. The molecule has 4 aromatic carbocycles. The number of carbonyl (C=O) groups is 4. The smallest absolute Gasteiger partial charge is 0.349 e. The van der Waals surface area contributed by atoms with Crippen molar-refractivity contribution in [3.05, 3.63) is 155 Å². The van der Waals surface area contributed by atoms with Gasteiger partial charge in [-0.25, -0.2) is 19.2 Å². The molecule has 0 atom stereocenters. The Morgan fingerprint density at radius 2 is 0.828 bits per heavy atom. The third-order valence-electron chi connectivity index (χ3n) is 11.0. The number of ether oxygens (including phenoxy) is 4. The summed E-state index contributed by atoms with van der Waals surface area (Å²) in [5, 5.41) is 19.2. The van der Waals surface area contributed by atoms with Crippen LogP contribution in [0.15, 0.2) is 133 Å². The fourth-order valence-corrected chi connectivity index (χ4v) is 7.34. The molecule has 5 rings (SSSR count). The molecule has 0 unspecified atom stereocenters. The number of nitriles is 2. The largest absolute Gasteiger partial charge is 0.459 e. The first kappa shape index (κ1) is 47.4. The molecule has 1 aliphatic rings. The van der Waals surface area contributed by atoms with Crippen LogP contribution in [-0.4, -0.2) is 64.4 Å². The van der Waals surface area contributed by atoms with Gasteiger partial charge in [0.1, 0.15) is 49.7 Å². The Labute approximate surface area is 374 Å². The molecule has 4 aromatic rings. The van der Waals surface area contributed by atoms with Gasteiger partial charge in [-0.05, 0) is 110 Å². The lowest BCUT2D eigenvalue weighted by atomic mass is 9.65. The molecule has 0 radical (unpaired) electrons. The van der Waals surface area contributed by atoms with Gasteiger partial charge in [0.2, 0.25) is 0 Å². The van der Waals surface area contributed by atoms with Gasteiger partial charge in [0.25, 0.3) is 0 Å². The van der Waals surface area contributed by atoms with Crippen molar-refractivity contribution in [2.75, 3.05) is 50.3 Å². The number of nitrogens with zero attached hydrogens (tertiary/aromatic N) is 4. The van der Waals surface area contributed by atoms with Crippen LogP contribution in [0.4, 0.5) is 22.7 Å². The normalized spacial score (nSPS) is 13.3. The van der Waals surface area contributed by atoms with Gasteiger partial charge in [-0.15, -0.1) is 0 Å². The molecule has 0 bridgehead atoms. The Balaban J connectivity index is 1.22. The van der Waals surface area contributed by atoms with E-state index in [9.17, 15) is 29.7 Å². The molecule has 1 fully saturated rings. The van der Waals surface area contributed by atoms with Gasteiger partial charge in [-0.1, -0.05) is 81.0 Å². The number of rotatable bonds is 18. The van der Waals surface area contributed by atoms with Crippen molar-refractivity contribution in [2.45, 2.75) is 51.4 Å². The van der Waals surface area contributed by atoms with E-state index in [1.165, 1.54) is 43.5 Å². The van der Waals surface area contributed by atoms with Crippen molar-refractivity contribution in [2.24, 2.45) is 0 Å². The van der Waals surface area contributed by atoms with E-state index in [0.29, 0.717) is 11.1 Å². The number of anilines is 4. The molecule has 12 heteroatoms. The zero-order valence-electron chi connectivity index (χ0n) is 36.7. The molecule has 12 nitrogen and oxygen atoms in total. The second-order valence-corrected chi connectivity index (χ2v) is 15.5. The first-order valence-electron chi connectivity index (χ1n) is 20.9. The van der Waals surface area contributed by atoms with Gasteiger partial charge >= 0.3 is 23.9 Å². The van der Waals surface area contributed by atoms with Crippen LogP contribution in [0.3, 0.4) is 0 Å². The number of esters is 4. The molecule has 64 heavy (non-hydrogen) atoms. The van der Waals surface area contributed by atoms with E-state index in [4.69, 9.17) is 18.9 Å². The molecule has 0 N–H and O–H groups in total. The van der Waals surface area contributed by atoms with E-state index in [1.807, 2.05) is 74.8 Å². The molecule has 0 aromatic heterocycles. The van der Waals surface area contributed by atoms with Crippen LogP contribution < -0.4 is 9.80 Å². The van der Waals surface area contributed by atoms with Gasteiger partial charge in [0.05, 0.1) is 0 Å². The summed E-state index contributed by atoms with van der Waals surface area (Å²) in [4.78, 5) is 52.1. The number of hydrogen-bond acceptors (Lipinski definition) is 12. The Bertz CT molecular complexity index is 2320. The van der Waals surface area contributed by atoms with Crippen molar-refractivity contribution in [1.82, 2.24) is 0 Å². The quantitative estimate of drug-likeness (QED) is 0.0307. The van der Waals surface area contributed by atoms with Crippen LogP contribution in [0.2, 0.25) is 0 Å². The van der Waals surface area contributed by atoms with E-state index in [0.717, 1.165) is 48.4 Å². The Kier molecular flexibility index (Phi) is 16.6. The highest BCUT2D eigenvalue weighted by Crippen LogP contribution is 2.46. The minimum absolute atomic E-state index is 0.127. The van der Waals surface area contributed by atoms with Gasteiger partial charge in [-0.2, -0.15) is 10.5 Å². The molecule has 0 amide bonds. The lowest BCUT2D eigenvalue weighted by Crippen LogP contribution is -2.30. The van der Waals surface area contributed by atoms with Crippen LogP contribution in [0.5, 0.6) is 0 Å². The molecule has 0 spiro atoms. The second-order valence-electron chi connectivity index (χ2n) is 15.5. The van der Waals surface area contributed by atoms with E-state index in [2.05, 4.69) is 71.5 Å².